The van der Waals surface area contributed by atoms with E-state index in [-0.39, 0.29) is 11.5 Å². The number of halogens is 6. The van der Waals surface area contributed by atoms with Crippen LogP contribution in [0, 0.1) is 6.92 Å². The lowest BCUT2D eigenvalue weighted by molar-refractivity contribution is -0.193. The Balaban J connectivity index is 0.000000333. The predicted molar refractivity (Wildman–Crippen MR) is 128 cm³/mol. The molecule has 0 bridgehead atoms. The van der Waals surface area contributed by atoms with Crippen molar-refractivity contribution in [1.82, 2.24) is 19.8 Å². The summed E-state index contributed by atoms with van der Waals surface area (Å²) in [6.07, 6.45) is -6.56. The zero-order chi connectivity index (χ0) is 30.1. The summed E-state index contributed by atoms with van der Waals surface area (Å²) in [4.78, 5) is 43.6. The Labute approximate surface area is 228 Å². The molecule has 10 nitrogen and oxygen atoms in total. The van der Waals surface area contributed by atoms with E-state index in [0.29, 0.717) is 5.69 Å². The Kier molecular flexibility index (Phi) is 11.4. The maximum Gasteiger partial charge on any atom is 0.490 e. The number of nitrogens with zero attached hydrogens (tertiary/aromatic N) is 4. The average molecular weight is 601 g/mol. The zero-order valence-corrected chi connectivity index (χ0v) is 21.9. The van der Waals surface area contributed by atoms with Crippen molar-refractivity contribution in [3.8, 4) is 0 Å². The molecule has 0 unspecified atom stereocenters. The first-order valence-electron chi connectivity index (χ1n) is 11.6. The Morgan fingerprint density at radius 1 is 1.02 bits per heavy atom. The van der Waals surface area contributed by atoms with E-state index in [2.05, 4.69) is 14.9 Å². The van der Waals surface area contributed by atoms with Gasteiger partial charge in [0.2, 0.25) is 0 Å². The molecule has 0 atom stereocenters. The van der Waals surface area contributed by atoms with E-state index in [9.17, 15) is 31.1 Å². The van der Waals surface area contributed by atoms with Crippen molar-refractivity contribution in [2.45, 2.75) is 44.3 Å². The van der Waals surface area contributed by atoms with Gasteiger partial charge >= 0.3 is 24.3 Å². The highest BCUT2D eigenvalue weighted by atomic mass is 32.1. The van der Waals surface area contributed by atoms with Crippen LogP contribution in [0.1, 0.15) is 34.0 Å². The van der Waals surface area contributed by atoms with Crippen LogP contribution in [-0.4, -0.2) is 98.6 Å². The number of aromatic nitrogens is 2. The first-order chi connectivity index (χ1) is 18.5. The highest BCUT2D eigenvalue weighted by Gasteiger charge is 2.41. The molecule has 4 heterocycles. The number of carbonyl (C=O) groups excluding carboxylic acids is 1. The molecule has 0 radical (unpaired) electrons. The van der Waals surface area contributed by atoms with Gasteiger partial charge in [0.1, 0.15) is 10.7 Å². The van der Waals surface area contributed by atoms with Crippen LogP contribution < -0.4 is 0 Å². The molecular weight excluding hydrogens is 574 g/mol. The molecule has 2 aliphatic rings. The summed E-state index contributed by atoms with van der Waals surface area (Å²) in [6, 6.07) is 5.60. The lowest BCUT2D eigenvalue weighted by atomic mass is 9.89. The molecule has 2 aliphatic heterocycles. The smallest absolute Gasteiger partial charge is 0.475 e. The Morgan fingerprint density at radius 2 is 1.60 bits per heavy atom. The second-order valence-electron chi connectivity index (χ2n) is 8.73. The van der Waals surface area contributed by atoms with Gasteiger partial charge < -0.3 is 19.8 Å². The van der Waals surface area contributed by atoms with Gasteiger partial charge in [0, 0.05) is 43.4 Å². The normalized spacial score (nSPS) is 17.2. The van der Waals surface area contributed by atoms with Crippen LogP contribution in [0.5, 0.6) is 0 Å². The number of rotatable bonds is 3. The molecule has 2 saturated heterocycles. The van der Waals surface area contributed by atoms with Crippen LogP contribution in [-0.2, 0) is 20.9 Å². The SMILES string of the molecule is Cc1cccc(C(=O)N2CCC3(CC2)CN(Cc2nccs2)CCO3)n1.O=C(O)C(F)(F)F.O=C(O)C(F)(F)F. The number of carboxylic acid groups (broad SMARTS) is 2. The minimum absolute atomic E-state index is 0.0269. The Bertz CT molecular complexity index is 1110. The first kappa shape index (κ1) is 32.9. The van der Waals surface area contributed by atoms with E-state index in [1.807, 2.05) is 35.5 Å². The second-order valence-corrected chi connectivity index (χ2v) is 9.71. The van der Waals surface area contributed by atoms with Crippen LogP contribution in [0.3, 0.4) is 0 Å². The van der Waals surface area contributed by atoms with Gasteiger partial charge in [-0.2, -0.15) is 26.3 Å². The number of amides is 1. The first-order valence-corrected chi connectivity index (χ1v) is 12.5. The van der Waals surface area contributed by atoms with E-state index < -0.39 is 24.3 Å². The van der Waals surface area contributed by atoms with Gasteiger partial charge in [0.25, 0.3) is 5.91 Å². The number of aryl methyl sites for hydroxylation is 1. The number of aliphatic carboxylic acids is 2. The molecule has 1 spiro atoms. The van der Waals surface area contributed by atoms with Gasteiger partial charge in [-0.3, -0.25) is 9.69 Å². The quantitative estimate of drug-likeness (QED) is 0.507. The van der Waals surface area contributed by atoms with Gasteiger partial charge in [-0.05, 0) is 31.9 Å². The third-order valence-corrected chi connectivity index (χ3v) is 6.49. The molecule has 1 amide bonds. The molecule has 2 aromatic heterocycles. The van der Waals surface area contributed by atoms with Crippen molar-refractivity contribution in [3.05, 3.63) is 46.2 Å². The number of morpholine rings is 1. The number of carboxylic acids is 2. The van der Waals surface area contributed by atoms with Crippen molar-refractivity contribution < 1.29 is 55.7 Å². The molecular formula is C23H26F6N4O6S. The number of thiazole rings is 1. The molecule has 222 valence electrons. The fourth-order valence-corrected chi connectivity index (χ4v) is 4.48. The Hall–Kier alpha value is -3.31. The fourth-order valence-electron chi connectivity index (χ4n) is 3.82. The van der Waals surface area contributed by atoms with Crippen LogP contribution in [0.2, 0.25) is 0 Å². The predicted octanol–water partition coefficient (Wildman–Crippen LogP) is 3.62. The van der Waals surface area contributed by atoms with Gasteiger partial charge in [-0.25, -0.2) is 19.6 Å². The van der Waals surface area contributed by atoms with Crippen molar-refractivity contribution in [2.24, 2.45) is 0 Å². The standard InChI is InChI=1S/C19H24N4O2S.2C2HF3O2/c1-15-3-2-4-16(21-15)18(24)23-8-5-19(6-9-23)14-22(10-11-25-19)13-17-20-7-12-26-17;2*3-2(4,5)1(6)7/h2-4,7,12H,5-6,8-11,13-14H2,1H3;2*(H,6,7). The number of pyridine rings is 1. The van der Waals surface area contributed by atoms with Crippen molar-refractivity contribution in [1.29, 1.82) is 0 Å². The van der Waals surface area contributed by atoms with E-state index in [0.717, 1.165) is 62.9 Å². The van der Waals surface area contributed by atoms with Gasteiger partial charge in [0.15, 0.2) is 0 Å². The molecule has 0 aliphatic carbocycles. The molecule has 2 fully saturated rings. The van der Waals surface area contributed by atoms with Crippen LogP contribution in [0.4, 0.5) is 26.3 Å². The summed E-state index contributed by atoms with van der Waals surface area (Å²) in [5.41, 5.74) is 1.28. The number of carbonyl (C=O) groups is 3. The molecule has 2 aromatic rings. The van der Waals surface area contributed by atoms with Crippen molar-refractivity contribution in [2.75, 3.05) is 32.8 Å². The van der Waals surface area contributed by atoms with Crippen LogP contribution >= 0.6 is 11.3 Å². The largest absolute Gasteiger partial charge is 0.490 e. The lowest BCUT2D eigenvalue weighted by Crippen LogP contribution is -2.57. The second kappa shape index (κ2) is 13.8. The Morgan fingerprint density at radius 3 is 2.08 bits per heavy atom. The summed E-state index contributed by atoms with van der Waals surface area (Å²) < 4.78 is 69.7. The van der Waals surface area contributed by atoms with E-state index in [4.69, 9.17) is 24.5 Å². The molecule has 0 aromatic carbocycles. The van der Waals surface area contributed by atoms with Gasteiger partial charge in [0.05, 0.1) is 18.8 Å². The molecule has 2 N–H and O–H groups in total. The maximum atomic E-state index is 12.7. The van der Waals surface area contributed by atoms with Crippen LogP contribution in [0.25, 0.3) is 0 Å². The molecule has 4 rings (SSSR count). The minimum atomic E-state index is -5.08. The summed E-state index contributed by atoms with van der Waals surface area (Å²) in [6.45, 7) is 6.85. The summed E-state index contributed by atoms with van der Waals surface area (Å²) in [5.74, 6) is -5.49. The number of hydrogen-bond donors (Lipinski definition) is 2. The number of ether oxygens (including phenoxy) is 1. The van der Waals surface area contributed by atoms with Gasteiger partial charge in [-0.1, -0.05) is 6.07 Å². The molecule has 0 saturated carbocycles. The topological polar surface area (TPSA) is 133 Å². The monoisotopic (exact) mass is 600 g/mol. The van der Waals surface area contributed by atoms with Gasteiger partial charge in [-0.15, -0.1) is 11.3 Å². The number of likely N-dealkylation sites (tertiary alicyclic amines) is 1. The number of piperidine rings is 1. The van der Waals surface area contributed by atoms with E-state index in [1.165, 1.54) is 0 Å². The van der Waals surface area contributed by atoms with Crippen LogP contribution in [0.15, 0.2) is 29.8 Å². The summed E-state index contributed by atoms with van der Waals surface area (Å²) in [5, 5.41) is 17.4. The summed E-state index contributed by atoms with van der Waals surface area (Å²) >= 11 is 1.70. The van der Waals surface area contributed by atoms with Crippen molar-refractivity contribution in [3.63, 3.8) is 0 Å². The average Bonchev–Trinajstić information content (AvgIpc) is 3.37. The summed E-state index contributed by atoms with van der Waals surface area (Å²) in [7, 11) is 0. The highest BCUT2D eigenvalue weighted by molar-refractivity contribution is 7.09. The highest BCUT2D eigenvalue weighted by Crippen LogP contribution is 2.31. The number of alkyl halides is 6. The fraction of sp³-hybridized carbons (Fsp3) is 0.522. The third kappa shape index (κ3) is 10.3. The molecule has 40 heavy (non-hydrogen) atoms. The minimum Gasteiger partial charge on any atom is -0.475 e. The third-order valence-electron chi connectivity index (χ3n) is 5.72. The zero-order valence-electron chi connectivity index (χ0n) is 21.0. The van der Waals surface area contributed by atoms with Crippen molar-refractivity contribution >= 4 is 29.2 Å². The maximum absolute atomic E-state index is 12.7. The number of hydrogen-bond acceptors (Lipinski definition) is 8. The lowest BCUT2D eigenvalue weighted by Gasteiger charge is -2.47. The molecule has 17 heteroatoms. The van der Waals surface area contributed by atoms with E-state index >= 15 is 0 Å². The van der Waals surface area contributed by atoms with E-state index in [1.54, 1.807) is 17.4 Å².